The highest BCUT2D eigenvalue weighted by Crippen LogP contribution is 2.16. The molecule has 0 heterocycles. The van der Waals surface area contributed by atoms with Crippen LogP contribution in [0.4, 0.5) is 0 Å². The summed E-state index contributed by atoms with van der Waals surface area (Å²) in [6, 6.07) is 0. The van der Waals surface area contributed by atoms with Crippen molar-refractivity contribution >= 4 is 0 Å². The highest BCUT2D eigenvalue weighted by Gasteiger charge is 2.00. The Morgan fingerprint density at radius 2 is 1.56 bits per heavy atom. The van der Waals surface area contributed by atoms with E-state index >= 15 is 0 Å². The fraction of sp³-hybridized carbons (Fsp3) is 0.812. The molecule has 0 fully saturated rings. The monoisotopic (exact) mass is 220 g/mol. The molecular weight excluding hydrogens is 192 g/mol. The Morgan fingerprint density at radius 3 is 2.38 bits per heavy atom. The van der Waals surface area contributed by atoms with Gasteiger partial charge >= 0.3 is 0 Å². The van der Waals surface area contributed by atoms with Gasteiger partial charge in [-0.05, 0) is 44.4 Å². The van der Waals surface area contributed by atoms with E-state index in [2.05, 4.69) is 25.5 Å². The Morgan fingerprint density at radius 1 is 0.875 bits per heavy atom. The molecule has 0 heteroatoms. The molecule has 1 unspecified atom stereocenters. The van der Waals surface area contributed by atoms with E-state index < -0.39 is 0 Å². The van der Waals surface area contributed by atoms with Crippen molar-refractivity contribution in [1.29, 1.82) is 0 Å². The molecule has 0 aliphatic heterocycles. The third-order valence-corrected chi connectivity index (χ3v) is 3.42. The lowest BCUT2D eigenvalue weighted by molar-refractivity contribution is 0.549. The second-order valence-corrected chi connectivity index (χ2v) is 5.28. The van der Waals surface area contributed by atoms with Gasteiger partial charge in [-0.15, -0.1) is 0 Å². The lowest BCUT2D eigenvalue weighted by Gasteiger charge is -2.07. The van der Waals surface area contributed by atoms with Gasteiger partial charge in [0.1, 0.15) is 0 Å². The molecule has 1 aliphatic rings. The van der Waals surface area contributed by atoms with E-state index in [1.165, 1.54) is 70.6 Å². The molecule has 16 heavy (non-hydrogen) atoms. The van der Waals surface area contributed by atoms with Gasteiger partial charge in [0, 0.05) is 0 Å². The average molecular weight is 220 g/mol. The molecule has 0 spiro atoms. The standard InChI is InChI=1S/C16H28/c1-16-14-12-10-8-6-4-2-3-5-7-9-11-13-15-16/h10,12,16H,2-9,11,14-15H2,1H3/b12-10-. The minimum absolute atomic E-state index is 0.793. The number of allylic oxidation sites excluding steroid dienone is 2. The minimum atomic E-state index is 0.793. The van der Waals surface area contributed by atoms with E-state index in [1.807, 2.05) is 0 Å². The SMILES string of the molecule is CC1C[C]CCCCCCCCC/C=C\C1. The van der Waals surface area contributed by atoms with Crippen molar-refractivity contribution in [3.05, 3.63) is 18.6 Å². The number of hydrogen-bond donors (Lipinski definition) is 0. The van der Waals surface area contributed by atoms with E-state index in [4.69, 9.17) is 0 Å². The Bertz CT molecular complexity index is 169. The first kappa shape index (κ1) is 13.8. The van der Waals surface area contributed by atoms with Crippen LogP contribution in [0.5, 0.6) is 0 Å². The van der Waals surface area contributed by atoms with Crippen molar-refractivity contribution in [3.63, 3.8) is 0 Å². The number of rotatable bonds is 0. The van der Waals surface area contributed by atoms with Gasteiger partial charge < -0.3 is 0 Å². The highest BCUT2D eigenvalue weighted by molar-refractivity contribution is 4.84. The molecule has 1 rings (SSSR count). The summed E-state index contributed by atoms with van der Waals surface area (Å²) >= 11 is 0. The Hall–Kier alpha value is -0.260. The van der Waals surface area contributed by atoms with Crippen LogP contribution < -0.4 is 0 Å². The maximum Gasteiger partial charge on any atom is -0.0171 e. The van der Waals surface area contributed by atoms with Crippen molar-refractivity contribution in [3.8, 4) is 0 Å². The minimum Gasteiger partial charge on any atom is -0.0885 e. The molecule has 0 aromatic heterocycles. The van der Waals surface area contributed by atoms with Crippen molar-refractivity contribution in [1.82, 2.24) is 0 Å². The van der Waals surface area contributed by atoms with Gasteiger partial charge in [0.2, 0.25) is 0 Å². The summed E-state index contributed by atoms with van der Waals surface area (Å²) in [5.41, 5.74) is 0. The molecule has 0 amide bonds. The van der Waals surface area contributed by atoms with Gasteiger partial charge in [0.25, 0.3) is 0 Å². The van der Waals surface area contributed by atoms with Crippen molar-refractivity contribution in [2.45, 2.75) is 77.6 Å². The van der Waals surface area contributed by atoms with Gasteiger partial charge in [0.15, 0.2) is 0 Å². The molecular formula is C16H28. The third kappa shape index (κ3) is 7.96. The second-order valence-electron chi connectivity index (χ2n) is 5.28. The van der Waals surface area contributed by atoms with Crippen LogP contribution >= 0.6 is 0 Å². The van der Waals surface area contributed by atoms with Gasteiger partial charge in [-0.1, -0.05) is 57.6 Å². The quantitative estimate of drug-likeness (QED) is 0.468. The van der Waals surface area contributed by atoms with Gasteiger partial charge in [-0.3, -0.25) is 0 Å². The van der Waals surface area contributed by atoms with Crippen molar-refractivity contribution in [2.24, 2.45) is 5.92 Å². The normalized spacial score (nSPS) is 28.9. The predicted octanol–water partition coefficient (Wildman–Crippen LogP) is 5.56. The van der Waals surface area contributed by atoms with E-state index in [1.54, 1.807) is 0 Å². The molecule has 0 N–H and O–H groups in total. The van der Waals surface area contributed by atoms with Crippen molar-refractivity contribution in [2.75, 3.05) is 0 Å². The molecule has 0 aromatic carbocycles. The predicted molar refractivity (Wildman–Crippen MR) is 72.3 cm³/mol. The maximum absolute atomic E-state index is 3.57. The van der Waals surface area contributed by atoms with Crippen molar-refractivity contribution < 1.29 is 0 Å². The summed E-state index contributed by atoms with van der Waals surface area (Å²) in [7, 11) is 0. The molecule has 0 saturated heterocycles. The molecule has 92 valence electrons. The largest absolute Gasteiger partial charge is 0.0885 e. The summed E-state index contributed by atoms with van der Waals surface area (Å²) in [6.07, 6.45) is 23.2. The summed E-state index contributed by atoms with van der Waals surface area (Å²) in [5, 5.41) is 0. The van der Waals surface area contributed by atoms with Gasteiger partial charge in [0.05, 0.1) is 0 Å². The smallest absolute Gasteiger partial charge is 0.0171 e. The highest BCUT2D eigenvalue weighted by atomic mass is 14.1. The Labute approximate surface area is 103 Å². The van der Waals surface area contributed by atoms with Crippen LogP contribution in [0.15, 0.2) is 12.2 Å². The van der Waals surface area contributed by atoms with Crippen LogP contribution in [0.2, 0.25) is 0 Å². The van der Waals surface area contributed by atoms with Gasteiger partial charge in [-0.25, -0.2) is 0 Å². The Kier molecular flexibility index (Phi) is 8.57. The maximum atomic E-state index is 3.57. The fourth-order valence-electron chi connectivity index (χ4n) is 2.27. The summed E-state index contributed by atoms with van der Waals surface area (Å²) in [5.74, 6) is 0.793. The molecule has 0 nitrogen and oxygen atoms in total. The second kappa shape index (κ2) is 9.93. The average Bonchev–Trinajstić information content (AvgIpc) is 2.29. The molecule has 0 bridgehead atoms. The summed E-state index contributed by atoms with van der Waals surface area (Å²) in [4.78, 5) is 0. The zero-order chi connectivity index (χ0) is 11.5. The first-order valence-electron chi connectivity index (χ1n) is 7.25. The third-order valence-electron chi connectivity index (χ3n) is 3.42. The Balaban J connectivity index is 2.18. The van der Waals surface area contributed by atoms with Crippen LogP contribution in [-0.2, 0) is 0 Å². The topological polar surface area (TPSA) is 0 Å². The lowest BCUT2D eigenvalue weighted by atomic mass is 9.99. The summed E-state index contributed by atoms with van der Waals surface area (Å²) < 4.78 is 0. The van der Waals surface area contributed by atoms with Crippen LogP contribution in [0.25, 0.3) is 0 Å². The van der Waals surface area contributed by atoms with Gasteiger partial charge in [-0.2, -0.15) is 0 Å². The molecule has 1 aliphatic carbocycles. The van der Waals surface area contributed by atoms with E-state index in [-0.39, 0.29) is 0 Å². The molecule has 0 aromatic rings. The van der Waals surface area contributed by atoms with E-state index in [0.717, 1.165) is 5.92 Å². The van der Waals surface area contributed by atoms with E-state index in [9.17, 15) is 0 Å². The zero-order valence-electron chi connectivity index (χ0n) is 11.0. The lowest BCUT2D eigenvalue weighted by Crippen LogP contribution is -1.93. The molecule has 1 atom stereocenters. The van der Waals surface area contributed by atoms with Crippen LogP contribution in [0.1, 0.15) is 77.6 Å². The molecule has 0 saturated carbocycles. The molecule has 2 radical (unpaired) electrons. The zero-order valence-corrected chi connectivity index (χ0v) is 11.0. The summed E-state index contributed by atoms with van der Waals surface area (Å²) in [6.45, 7) is 2.34. The first-order chi connectivity index (χ1) is 7.89. The van der Waals surface area contributed by atoms with E-state index in [0.29, 0.717) is 0 Å². The van der Waals surface area contributed by atoms with Crippen LogP contribution in [0.3, 0.4) is 0 Å². The first-order valence-corrected chi connectivity index (χ1v) is 7.25. The fourth-order valence-corrected chi connectivity index (χ4v) is 2.27. The number of hydrogen-bond acceptors (Lipinski definition) is 0. The van der Waals surface area contributed by atoms with Crippen LogP contribution in [0, 0.1) is 12.3 Å². The van der Waals surface area contributed by atoms with Crippen LogP contribution in [-0.4, -0.2) is 0 Å².